The third kappa shape index (κ3) is 3.63. The fraction of sp³-hybridized carbons (Fsp3) is 0.750. The van der Waals surface area contributed by atoms with Gasteiger partial charge in [-0.25, -0.2) is 0 Å². The van der Waals surface area contributed by atoms with Crippen molar-refractivity contribution in [3.63, 3.8) is 0 Å². The topological polar surface area (TPSA) is 98.2 Å². The first kappa shape index (κ1) is 22.6. The minimum absolute atomic E-state index is 0.0366. The molecule has 0 aliphatic carbocycles. The zero-order valence-electron chi connectivity index (χ0n) is 16.6. The van der Waals surface area contributed by atoms with E-state index in [0.29, 0.717) is 19.5 Å². The van der Waals surface area contributed by atoms with Crippen LogP contribution in [0.25, 0.3) is 0 Å². The summed E-state index contributed by atoms with van der Waals surface area (Å²) < 4.78 is -0.768. The molecule has 7 nitrogen and oxygen atoms in total. The summed E-state index contributed by atoms with van der Waals surface area (Å²) in [6, 6.07) is -0.756. The second-order valence-corrected chi connectivity index (χ2v) is 10.8. The van der Waals surface area contributed by atoms with Gasteiger partial charge in [-0.15, -0.1) is 18.3 Å². The number of hydrogen-bond acceptors (Lipinski definition) is 5. The van der Waals surface area contributed by atoms with Crippen molar-refractivity contribution in [3.8, 4) is 0 Å². The standard InChI is InChI=1S/C20H29BrN2O5S/c1-3-5-6-8-22(7-4-2)18(26)16-20-11-12(21)15(29-20)13(19(27)28)14(20)17(25)23(16)9-10-24/h4,12-16,24H,2-3,5-11H2,1H3,(H,27,28)/t12?,13-,14-,15-,16?,20?/m0/s1. The maximum Gasteiger partial charge on any atom is 0.308 e. The third-order valence-corrected chi connectivity index (χ3v) is 9.56. The molecule has 3 heterocycles. The van der Waals surface area contributed by atoms with Crippen LogP contribution in [0.15, 0.2) is 12.7 Å². The van der Waals surface area contributed by atoms with Crippen molar-refractivity contribution in [2.75, 3.05) is 26.2 Å². The molecule has 162 valence electrons. The molecule has 3 rings (SSSR count). The van der Waals surface area contributed by atoms with Gasteiger partial charge in [-0.3, -0.25) is 14.4 Å². The molecule has 3 aliphatic rings. The lowest BCUT2D eigenvalue weighted by atomic mass is 9.71. The smallest absolute Gasteiger partial charge is 0.308 e. The molecule has 2 bridgehead atoms. The number of aliphatic carboxylic acids is 1. The van der Waals surface area contributed by atoms with Crippen LogP contribution in [0, 0.1) is 11.8 Å². The van der Waals surface area contributed by atoms with Crippen LogP contribution in [0.5, 0.6) is 0 Å². The Morgan fingerprint density at radius 2 is 2.17 bits per heavy atom. The number of likely N-dealkylation sites (tertiary alicyclic amines) is 1. The monoisotopic (exact) mass is 488 g/mol. The molecule has 2 amide bonds. The van der Waals surface area contributed by atoms with Crippen LogP contribution in [0.1, 0.15) is 32.6 Å². The molecule has 1 spiro atoms. The number of carbonyl (C=O) groups excluding carboxylic acids is 2. The quantitative estimate of drug-likeness (QED) is 0.276. The zero-order chi connectivity index (χ0) is 21.3. The molecule has 0 aromatic carbocycles. The lowest BCUT2D eigenvalue weighted by Crippen LogP contribution is -2.55. The zero-order valence-corrected chi connectivity index (χ0v) is 19.0. The van der Waals surface area contributed by atoms with E-state index in [1.807, 2.05) is 0 Å². The fourth-order valence-electron chi connectivity index (χ4n) is 5.21. The lowest BCUT2D eigenvalue weighted by Gasteiger charge is -2.37. The Labute approximate surface area is 184 Å². The molecule has 2 N–H and O–H groups in total. The van der Waals surface area contributed by atoms with Crippen molar-refractivity contribution in [3.05, 3.63) is 12.7 Å². The van der Waals surface area contributed by atoms with Crippen molar-refractivity contribution >= 4 is 45.5 Å². The highest BCUT2D eigenvalue weighted by atomic mass is 79.9. The van der Waals surface area contributed by atoms with Crippen molar-refractivity contribution < 1.29 is 24.6 Å². The van der Waals surface area contributed by atoms with Gasteiger partial charge in [-0.2, -0.15) is 0 Å². The SMILES string of the molecule is C=CCN(CCCCC)C(=O)C1N(CCO)C(=O)[C@@H]2[C@H](C(=O)O)[C@H]3SC12CC3Br. The van der Waals surface area contributed by atoms with Crippen molar-refractivity contribution in [1.29, 1.82) is 0 Å². The molecule has 0 radical (unpaired) electrons. The number of β-amino-alcohol motifs (C(OH)–C–C–N with tert-alkyl or cyclic N) is 1. The van der Waals surface area contributed by atoms with E-state index in [-0.39, 0.29) is 35.0 Å². The Morgan fingerprint density at radius 1 is 1.45 bits per heavy atom. The Kier molecular flexibility index (Phi) is 7.00. The molecule has 3 aliphatic heterocycles. The molecule has 0 aromatic rings. The third-order valence-electron chi connectivity index (χ3n) is 6.34. The van der Waals surface area contributed by atoms with Crippen LogP contribution in [-0.2, 0) is 14.4 Å². The van der Waals surface area contributed by atoms with E-state index in [9.17, 15) is 24.6 Å². The van der Waals surface area contributed by atoms with E-state index in [1.165, 1.54) is 16.7 Å². The summed E-state index contributed by atoms with van der Waals surface area (Å²) in [5, 5.41) is 19.1. The summed E-state index contributed by atoms with van der Waals surface area (Å²) in [6.07, 6.45) is 5.14. The van der Waals surface area contributed by atoms with Crippen LogP contribution < -0.4 is 0 Å². The Hall–Kier alpha value is -1.06. The number of carboxylic acids is 1. The lowest BCUT2D eigenvalue weighted by molar-refractivity contribution is -0.148. The number of aliphatic hydroxyl groups is 1. The fourth-order valence-corrected chi connectivity index (χ4v) is 8.81. The van der Waals surface area contributed by atoms with Crippen LogP contribution in [0.4, 0.5) is 0 Å². The maximum atomic E-state index is 13.7. The van der Waals surface area contributed by atoms with Crippen LogP contribution in [-0.4, -0.2) is 84.9 Å². The largest absolute Gasteiger partial charge is 0.481 e. The van der Waals surface area contributed by atoms with E-state index >= 15 is 0 Å². The number of carbonyl (C=O) groups is 3. The number of unbranched alkanes of at least 4 members (excludes halogenated alkanes) is 2. The first-order valence-corrected chi connectivity index (χ1v) is 12.0. The van der Waals surface area contributed by atoms with Crippen LogP contribution >= 0.6 is 27.7 Å². The van der Waals surface area contributed by atoms with E-state index in [2.05, 4.69) is 29.4 Å². The molecule has 3 saturated heterocycles. The van der Waals surface area contributed by atoms with Gasteiger partial charge in [0.15, 0.2) is 0 Å². The van der Waals surface area contributed by atoms with Gasteiger partial charge in [-0.05, 0) is 12.8 Å². The number of thioether (sulfide) groups is 1. The summed E-state index contributed by atoms with van der Waals surface area (Å²) in [5.74, 6) is -3.02. The summed E-state index contributed by atoms with van der Waals surface area (Å²) in [4.78, 5) is 42.1. The van der Waals surface area contributed by atoms with E-state index in [1.54, 1.807) is 11.0 Å². The number of aliphatic hydroxyl groups excluding tert-OH is 1. The summed E-state index contributed by atoms with van der Waals surface area (Å²) in [5.41, 5.74) is 0. The van der Waals surface area contributed by atoms with Gasteiger partial charge in [0.25, 0.3) is 0 Å². The first-order chi connectivity index (χ1) is 13.8. The average molecular weight is 489 g/mol. The Balaban J connectivity index is 1.98. The Bertz CT molecular complexity index is 692. The highest BCUT2D eigenvalue weighted by Gasteiger charge is 2.75. The van der Waals surface area contributed by atoms with Gasteiger partial charge in [0.2, 0.25) is 11.8 Å². The maximum absolute atomic E-state index is 13.7. The number of hydrogen-bond donors (Lipinski definition) is 2. The molecule has 0 aromatic heterocycles. The van der Waals surface area contributed by atoms with E-state index in [0.717, 1.165) is 19.3 Å². The summed E-state index contributed by atoms with van der Waals surface area (Å²) in [7, 11) is 0. The number of halogens is 1. The highest BCUT2D eigenvalue weighted by molar-refractivity contribution is 9.09. The minimum atomic E-state index is -0.991. The number of carboxylic acid groups (broad SMARTS) is 1. The molecule has 3 fully saturated rings. The number of fused-ring (bicyclic) bond motifs is 1. The summed E-state index contributed by atoms with van der Waals surface area (Å²) >= 11 is 5.09. The number of nitrogens with zero attached hydrogens (tertiary/aromatic N) is 2. The van der Waals surface area contributed by atoms with Gasteiger partial charge >= 0.3 is 5.97 Å². The summed E-state index contributed by atoms with van der Waals surface area (Å²) in [6.45, 7) is 6.59. The molecule has 0 saturated carbocycles. The second kappa shape index (κ2) is 8.98. The van der Waals surface area contributed by atoms with E-state index < -0.39 is 28.6 Å². The van der Waals surface area contributed by atoms with Gasteiger partial charge in [0.1, 0.15) is 6.04 Å². The number of alkyl halides is 1. The van der Waals surface area contributed by atoms with Gasteiger partial charge in [0.05, 0.1) is 23.2 Å². The molecule has 29 heavy (non-hydrogen) atoms. The highest BCUT2D eigenvalue weighted by Crippen LogP contribution is 2.67. The first-order valence-electron chi connectivity index (χ1n) is 10.2. The average Bonchev–Trinajstić information content (AvgIpc) is 3.25. The predicted octanol–water partition coefficient (Wildman–Crippen LogP) is 1.73. The van der Waals surface area contributed by atoms with E-state index in [4.69, 9.17) is 0 Å². The van der Waals surface area contributed by atoms with Crippen LogP contribution in [0.3, 0.4) is 0 Å². The molecular weight excluding hydrogens is 460 g/mol. The second-order valence-electron chi connectivity index (χ2n) is 8.04. The Morgan fingerprint density at radius 3 is 2.76 bits per heavy atom. The van der Waals surface area contributed by atoms with Gasteiger partial charge < -0.3 is 20.0 Å². The molecular formula is C20H29BrN2O5S. The molecule has 9 heteroatoms. The minimum Gasteiger partial charge on any atom is -0.481 e. The van der Waals surface area contributed by atoms with Gasteiger partial charge in [0, 0.05) is 29.7 Å². The van der Waals surface area contributed by atoms with Crippen molar-refractivity contribution in [1.82, 2.24) is 9.80 Å². The molecule has 3 unspecified atom stereocenters. The normalized spacial score (nSPS) is 35.1. The number of rotatable bonds is 10. The van der Waals surface area contributed by atoms with Crippen LogP contribution in [0.2, 0.25) is 0 Å². The molecule has 6 atom stereocenters. The number of amides is 2. The predicted molar refractivity (Wildman–Crippen MR) is 115 cm³/mol. The van der Waals surface area contributed by atoms with Crippen molar-refractivity contribution in [2.45, 2.75) is 53.5 Å². The van der Waals surface area contributed by atoms with Gasteiger partial charge in [-0.1, -0.05) is 41.8 Å². The van der Waals surface area contributed by atoms with Crippen molar-refractivity contribution in [2.24, 2.45) is 11.8 Å².